The van der Waals surface area contributed by atoms with Gasteiger partial charge in [-0.3, -0.25) is 5.43 Å². The second kappa shape index (κ2) is 7.06. The van der Waals surface area contributed by atoms with Crippen molar-refractivity contribution in [2.45, 2.75) is 6.42 Å². The molecule has 0 spiro atoms. The van der Waals surface area contributed by atoms with E-state index in [0.29, 0.717) is 11.8 Å². The molecule has 0 amide bonds. The van der Waals surface area contributed by atoms with Crippen LogP contribution < -0.4 is 21.3 Å². The first-order valence-corrected chi connectivity index (χ1v) is 6.88. The first-order valence-electron chi connectivity index (χ1n) is 6.09. The topological polar surface area (TPSA) is 85.1 Å². The van der Waals surface area contributed by atoms with E-state index >= 15 is 0 Å². The molecule has 4 N–H and O–H groups in total. The number of benzene rings is 1. The van der Waals surface area contributed by atoms with Crippen molar-refractivity contribution in [2.75, 3.05) is 24.4 Å². The second-order valence-corrected chi connectivity index (χ2v) is 4.92. The minimum atomic E-state index is 0.372. The van der Waals surface area contributed by atoms with Gasteiger partial charge in [0.25, 0.3) is 0 Å². The number of hydrogen-bond acceptors (Lipinski definition) is 6. The molecule has 0 saturated carbocycles. The number of nitrogens with zero attached hydrogens (tertiary/aromatic N) is 2. The van der Waals surface area contributed by atoms with Gasteiger partial charge in [0.15, 0.2) is 0 Å². The lowest BCUT2D eigenvalue weighted by Crippen LogP contribution is -2.13. The Morgan fingerprint density at radius 2 is 2.25 bits per heavy atom. The predicted molar refractivity (Wildman–Crippen MR) is 82.7 cm³/mol. The zero-order valence-electron chi connectivity index (χ0n) is 11.1. The number of hydrazine groups is 1. The Hall–Kier alpha value is -1.86. The molecule has 0 fully saturated rings. The molecule has 20 heavy (non-hydrogen) atoms. The fourth-order valence-electron chi connectivity index (χ4n) is 1.71. The third-order valence-corrected chi connectivity index (χ3v) is 3.29. The summed E-state index contributed by atoms with van der Waals surface area (Å²) in [5.41, 5.74) is 3.61. The van der Waals surface area contributed by atoms with E-state index in [0.717, 1.165) is 23.2 Å². The van der Waals surface area contributed by atoms with Crippen LogP contribution in [-0.2, 0) is 6.42 Å². The molecule has 0 aliphatic carbocycles. The van der Waals surface area contributed by atoms with Gasteiger partial charge in [-0.15, -0.1) is 0 Å². The van der Waals surface area contributed by atoms with Gasteiger partial charge in [0.1, 0.15) is 11.6 Å². The van der Waals surface area contributed by atoms with Gasteiger partial charge in [-0.1, -0.05) is 12.1 Å². The van der Waals surface area contributed by atoms with Gasteiger partial charge in [0, 0.05) is 12.7 Å². The summed E-state index contributed by atoms with van der Waals surface area (Å²) in [6.07, 6.45) is 2.51. The number of aromatic nitrogens is 2. The molecule has 7 heteroatoms. The van der Waals surface area contributed by atoms with Gasteiger partial charge in [0.2, 0.25) is 5.95 Å². The Bertz CT molecular complexity index is 578. The minimum absolute atomic E-state index is 0.372. The normalized spacial score (nSPS) is 10.2. The van der Waals surface area contributed by atoms with Crippen LogP contribution in [0, 0.1) is 0 Å². The van der Waals surface area contributed by atoms with Gasteiger partial charge < -0.3 is 10.1 Å². The highest BCUT2D eigenvalue weighted by Crippen LogP contribution is 2.20. The van der Waals surface area contributed by atoms with Crippen molar-refractivity contribution in [2.24, 2.45) is 5.84 Å². The van der Waals surface area contributed by atoms with Gasteiger partial charge in [-0.05, 0) is 40.0 Å². The molecule has 0 bridgehead atoms. The number of nitrogens with one attached hydrogen (secondary N) is 2. The third-order valence-electron chi connectivity index (χ3n) is 2.71. The van der Waals surface area contributed by atoms with E-state index in [1.165, 1.54) is 5.56 Å². The van der Waals surface area contributed by atoms with Crippen molar-refractivity contribution in [3.63, 3.8) is 0 Å². The van der Waals surface area contributed by atoms with Gasteiger partial charge >= 0.3 is 0 Å². The Kier molecular flexibility index (Phi) is 5.14. The molecule has 0 unspecified atom stereocenters. The molecule has 2 rings (SSSR count). The number of nitrogens with two attached hydrogens (primary N) is 1. The molecule has 0 radical (unpaired) electrons. The van der Waals surface area contributed by atoms with Crippen molar-refractivity contribution >= 4 is 27.7 Å². The number of methoxy groups -OCH3 is 1. The molecule has 0 aliphatic heterocycles. The molecular weight excluding hydrogens is 322 g/mol. The standard InChI is InChI=1S/C13H16BrN5O/c1-20-10-4-2-3-9(7-10)5-6-16-12-11(14)8-17-13(18-12)19-15/h2-4,7-8H,5-6,15H2,1H3,(H2,16,17,18,19). The zero-order chi connectivity index (χ0) is 14.4. The van der Waals surface area contributed by atoms with Gasteiger partial charge in [-0.2, -0.15) is 4.98 Å². The summed E-state index contributed by atoms with van der Waals surface area (Å²) in [5, 5.41) is 3.24. The molecule has 1 aromatic heterocycles. The molecular formula is C13H16BrN5O. The van der Waals surface area contributed by atoms with Crippen LogP contribution in [-0.4, -0.2) is 23.6 Å². The van der Waals surface area contributed by atoms with E-state index in [1.54, 1.807) is 13.3 Å². The minimum Gasteiger partial charge on any atom is -0.497 e. The maximum Gasteiger partial charge on any atom is 0.239 e. The SMILES string of the molecule is COc1cccc(CCNc2nc(NN)ncc2Br)c1. The second-order valence-electron chi connectivity index (χ2n) is 4.06. The quantitative estimate of drug-likeness (QED) is 0.553. The maximum atomic E-state index is 5.29. The first-order chi connectivity index (χ1) is 9.72. The monoisotopic (exact) mass is 337 g/mol. The van der Waals surface area contributed by atoms with E-state index in [-0.39, 0.29) is 0 Å². The lowest BCUT2D eigenvalue weighted by Gasteiger charge is -2.09. The van der Waals surface area contributed by atoms with Crippen LogP contribution in [0.15, 0.2) is 34.9 Å². The molecule has 106 valence electrons. The van der Waals surface area contributed by atoms with Crippen molar-refractivity contribution in [3.8, 4) is 5.75 Å². The summed E-state index contributed by atoms with van der Waals surface area (Å²) in [4.78, 5) is 8.22. The van der Waals surface area contributed by atoms with Crippen LogP contribution in [0.3, 0.4) is 0 Å². The highest BCUT2D eigenvalue weighted by molar-refractivity contribution is 9.10. The first kappa shape index (κ1) is 14.5. The van der Waals surface area contributed by atoms with E-state index in [2.05, 4.69) is 42.7 Å². The largest absolute Gasteiger partial charge is 0.497 e. The van der Waals surface area contributed by atoms with Crippen LogP contribution in [0.1, 0.15) is 5.56 Å². The Morgan fingerprint density at radius 1 is 1.40 bits per heavy atom. The van der Waals surface area contributed by atoms with Crippen LogP contribution in [0.5, 0.6) is 5.75 Å². The summed E-state index contributed by atoms with van der Waals surface area (Å²) in [6, 6.07) is 7.98. The molecule has 1 heterocycles. The number of ether oxygens (including phenoxy) is 1. The average molecular weight is 338 g/mol. The number of nitrogen functional groups attached to an aromatic ring is 1. The summed E-state index contributed by atoms with van der Waals surface area (Å²) in [7, 11) is 1.66. The smallest absolute Gasteiger partial charge is 0.239 e. The Labute approximate surface area is 125 Å². The third kappa shape index (κ3) is 3.82. The van der Waals surface area contributed by atoms with Crippen LogP contribution in [0.2, 0.25) is 0 Å². The number of hydrogen-bond donors (Lipinski definition) is 3. The van der Waals surface area contributed by atoms with Gasteiger partial charge in [-0.25, -0.2) is 10.8 Å². The molecule has 6 nitrogen and oxygen atoms in total. The van der Waals surface area contributed by atoms with E-state index in [1.807, 2.05) is 18.2 Å². The highest BCUT2D eigenvalue weighted by atomic mass is 79.9. The van der Waals surface area contributed by atoms with Crippen LogP contribution >= 0.6 is 15.9 Å². The number of rotatable bonds is 6. The number of halogens is 1. The molecule has 0 atom stereocenters. The lowest BCUT2D eigenvalue weighted by molar-refractivity contribution is 0.414. The lowest BCUT2D eigenvalue weighted by atomic mass is 10.1. The Morgan fingerprint density at radius 3 is 3.00 bits per heavy atom. The number of anilines is 2. The molecule has 0 aliphatic rings. The van der Waals surface area contributed by atoms with Crippen molar-refractivity contribution < 1.29 is 4.74 Å². The molecule has 2 aromatic rings. The summed E-state index contributed by atoms with van der Waals surface area (Å²) >= 11 is 3.39. The van der Waals surface area contributed by atoms with Crippen LogP contribution in [0.4, 0.5) is 11.8 Å². The summed E-state index contributed by atoms with van der Waals surface area (Å²) in [6.45, 7) is 0.743. The molecule has 1 aromatic carbocycles. The fraction of sp³-hybridized carbons (Fsp3) is 0.231. The summed E-state index contributed by atoms with van der Waals surface area (Å²) < 4.78 is 5.99. The van der Waals surface area contributed by atoms with E-state index < -0.39 is 0 Å². The zero-order valence-corrected chi connectivity index (χ0v) is 12.6. The maximum absolute atomic E-state index is 5.29. The Balaban J connectivity index is 1.95. The highest BCUT2D eigenvalue weighted by Gasteiger charge is 2.04. The van der Waals surface area contributed by atoms with Crippen molar-refractivity contribution in [1.29, 1.82) is 0 Å². The fourth-order valence-corrected chi connectivity index (χ4v) is 2.05. The predicted octanol–water partition coefficient (Wildman–Crippen LogP) is 2.19. The summed E-state index contributed by atoms with van der Waals surface area (Å²) in [5.74, 6) is 7.23. The van der Waals surface area contributed by atoms with Crippen molar-refractivity contribution in [1.82, 2.24) is 9.97 Å². The van der Waals surface area contributed by atoms with Crippen molar-refractivity contribution in [3.05, 3.63) is 40.5 Å². The molecule has 0 saturated heterocycles. The van der Waals surface area contributed by atoms with Crippen LogP contribution in [0.25, 0.3) is 0 Å². The van der Waals surface area contributed by atoms with E-state index in [4.69, 9.17) is 10.6 Å². The van der Waals surface area contributed by atoms with Gasteiger partial charge in [0.05, 0.1) is 11.6 Å². The average Bonchev–Trinajstić information content (AvgIpc) is 2.49. The van der Waals surface area contributed by atoms with E-state index in [9.17, 15) is 0 Å².